The van der Waals surface area contributed by atoms with Crippen LogP contribution in [0.5, 0.6) is 17.2 Å². The summed E-state index contributed by atoms with van der Waals surface area (Å²) in [6, 6.07) is 30.0. The fourth-order valence-electron chi connectivity index (χ4n) is 3.95. The second-order valence-electron chi connectivity index (χ2n) is 9.08. The molecular formula is C32H30N2O6. The third-order valence-electron chi connectivity index (χ3n) is 5.93. The lowest BCUT2D eigenvalue weighted by atomic mass is 10.0. The van der Waals surface area contributed by atoms with Crippen LogP contribution in [0, 0.1) is 0 Å². The van der Waals surface area contributed by atoms with Crippen LogP contribution < -0.4 is 25.3 Å². The topological polar surface area (TPSA) is 117 Å². The highest BCUT2D eigenvalue weighted by molar-refractivity contribution is 5.97. The van der Waals surface area contributed by atoms with E-state index in [9.17, 15) is 14.4 Å². The van der Waals surface area contributed by atoms with Gasteiger partial charge in [0.05, 0.1) is 0 Å². The van der Waals surface area contributed by atoms with E-state index in [2.05, 4.69) is 5.32 Å². The third kappa shape index (κ3) is 8.19. The summed E-state index contributed by atoms with van der Waals surface area (Å²) in [4.78, 5) is 36.4. The van der Waals surface area contributed by atoms with E-state index in [-0.39, 0.29) is 17.7 Å². The lowest BCUT2D eigenvalue weighted by Gasteiger charge is -2.18. The molecule has 204 valence electrons. The molecule has 4 aromatic rings. The van der Waals surface area contributed by atoms with Crippen molar-refractivity contribution in [1.82, 2.24) is 5.32 Å². The first kappa shape index (κ1) is 27.9. The van der Waals surface area contributed by atoms with Gasteiger partial charge in [0.1, 0.15) is 25.0 Å². The van der Waals surface area contributed by atoms with Crippen molar-refractivity contribution in [2.75, 3.05) is 0 Å². The first-order valence-electron chi connectivity index (χ1n) is 12.7. The number of esters is 1. The Morgan fingerprint density at radius 2 is 1.35 bits per heavy atom. The number of benzene rings is 4. The number of nitrogens with two attached hydrogens (primary N) is 1. The third-order valence-corrected chi connectivity index (χ3v) is 5.93. The van der Waals surface area contributed by atoms with Crippen LogP contribution in [0.15, 0.2) is 103 Å². The zero-order valence-corrected chi connectivity index (χ0v) is 22.0. The van der Waals surface area contributed by atoms with Gasteiger partial charge in [0, 0.05) is 18.9 Å². The van der Waals surface area contributed by atoms with Gasteiger partial charge < -0.3 is 25.3 Å². The summed E-state index contributed by atoms with van der Waals surface area (Å²) in [6.45, 7) is 1.95. The van der Waals surface area contributed by atoms with Gasteiger partial charge in [-0.25, -0.2) is 0 Å². The summed E-state index contributed by atoms with van der Waals surface area (Å²) >= 11 is 0. The van der Waals surface area contributed by atoms with Gasteiger partial charge in [0.15, 0.2) is 11.5 Å². The van der Waals surface area contributed by atoms with Gasteiger partial charge in [-0.05, 0) is 47.0 Å². The number of rotatable bonds is 12. The average molecular weight is 539 g/mol. The van der Waals surface area contributed by atoms with E-state index in [0.717, 1.165) is 11.1 Å². The number of hydrogen-bond donors (Lipinski definition) is 2. The number of primary amides is 1. The van der Waals surface area contributed by atoms with Crippen LogP contribution in [-0.4, -0.2) is 23.8 Å². The smallest absolute Gasteiger partial charge is 0.308 e. The lowest BCUT2D eigenvalue weighted by Crippen LogP contribution is -2.45. The van der Waals surface area contributed by atoms with Crippen molar-refractivity contribution in [3.05, 3.63) is 125 Å². The maximum Gasteiger partial charge on any atom is 0.308 e. The fourth-order valence-corrected chi connectivity index (χ4v) is 3.95. The Labute approximate surface area is 232 Å². The molecule has 0 aromatic heterocycles. The zero-order valence-electron chi connectivity index (χ0n) is 22.0. The molecule has 1 atom stereocenters. The van der Waals surface area contributed by atoms with Crippen molar-refractivity contribution in [2.24, 2.45) is 5.73 Å². The van der Waals surface area contributed by atoms with E-state index in [4.69, 9.17) is 19.9 Å². The van der Waals surface area contributed by atoms with E-state index in [1.165, 1.54) is 13.0 Å². The number of carbonyl (C=O) groups is 3. The molecule has 0 unspecified atom stereocenters. The van der Waals surface area contributed by atoms with Crippen LogP contribution in [0.2, 0.25) is 0 Å². The average Bonchev–Trinajstić information content (AvgIpc) is 2.96. The number of ether oxygens (including phenoxy) is 3. The number of hydrogen-bond acceptors (Lipinski definition) is 6. The van der Waals surface area contributed by atoms with Crippen LogP contribution in [-0.2, 0) is 29.2 Å². The zero-order chi connectivity index (χ0) is 28.3. The Kier molecular flexibility index (Phi) is 9.50. The fraction of sp³-hybridized carbons (Fsp3) is 0.156. The Balaban J connectivity index is 1.51. The molecule has 0 aliphatic rings. The van der Waals surface area contributed by atoms with Crippen LogP contribution in [0.3, 0.4) is 0 Å². The van der Waals surface area contributed by atoms with Gasteiger partial charge in [-0.3, -0.25) is 14.4 Å². The molecule has 8 heteroatoms. The SMILES string of the molecule is CC(=O)Oc1cccc(C(=O)N[C@@H](Cc2ccc(OCc3ccccc3)c(OCc3ccccc3)c2)C(N)=O)c1. The van der Waals surface area contributed by atoms with Gasteiger partial charge in [-0.15, -0.1) is 0 Å². The van der Waals surface area contributed by atoms with E-state index >= 15 is 0 Å². The molecule has 0 spiro atoms. The minimum absolute atomic E-state index is 0.130. The molecule has 4 aromatic carbocycles. The highest BCUT2D eigenvalue weighted by Gasteiger charge is 2.21. The van der Waals surface area contributed by atoms with Gasteiger partial charge in [-0.2, -0.15) is 0 Å². The van der Waals surface area contributed by atoms with E-state index < -0.39 is 23.8 Å². The van der Waals surface area contributed by atoms with Crippen molar-refractivity contribution in [1.29, 1.82) is 0 Å². The Bertz CT molecular complexity index is 1460. The van der Waals surface area contributed by atoms with Crippen LogP contribution in [0.25, 0.3) is 0 Å². The Morgan fingerprint density at radius 3 is 1.95 bits per heavy atom. The molecule has 3 N–H and O–H groups in total. The monoisotopic (exact) mass is 538 g/mol. The highest BCUT2D eigenvalue weighted by atomic mass is 16.5. The summed E-state index contributed by atoms with van der Waals surface area (Å²) in [7, 11) is 0. The predicted molar refractivity (Wildman–Crippen MR) is 150 cm³/mol. The number of nitrogens with one attached hydrogen (secondary N) is 1. The van der Waals surface area contributed by atoms with Crippen LogP contribution >= 0.6 is 0 Å². The predicted octanol–water partition coefficient (Wildman–Crippen LogP) is 4.60. The number of amides is 2. The summed E-state index contributed by atoms with van der Waals surface area (Å²) in [5, 5.41) is 2.67. The highest BCUT2D eigenvalue weighted by Crippen LogP contribution is 2.30. The first-order chi connectivity index (χ1) is 19.4. The molecule has 2 amide bonds. The quantitative estimate of drug-likeness (QED) is 0.201. The minimum atomic E-state index is -0.997. The molecule has 8 nitrogen and oxygen atoms in total. The van der Waals surface area contributed by atoms with Crippen molar-refractivity contribution in [3.63, 3.8) is 0 Å². The molecule has 40 heavy (non-hydrogen) atoms. The molecule has 0 saturated heterocycles. The summed E-state index contributed by atoms with van der Waals surface area (Å²) in [5.41, 5.74) is 8.58. The molecular weight excluding hydrogens is 508 g/mol. The van der Waals surface area contributed by atoms with Gasteiger partial charge in [0.25, 0.3) is 5.91 Å². The van der Waals surface area contributed by atoms with Gasteiger partial charge >= 0.3 is 5.97 Å². The first-order valence-corrected chi connectivity index (χ1v) is 12.7. The van der Waals surface area contributed by atoms with Crippen molar-refractivity contribution < 1.29 is 28.6 Å². The standard InChI is InChI=1S/C32H30N2O6/c1-22(35)40-27-14-8-13-26(19-27)32(37)34-28(31(33)36)17-25-15-16-29(38-20-23-9-4-2-5-10-23)30(18-25)39-21-24-11-6-3-7-12-24/h2-16,18-19,28H,17,20-21H2,1H3,(H2,33,36)(H,34,37)/t28-/m0/s1. The largest absolute Gasteiger partial charge is 0.485 e. The number of carbonyl (C=O) groups excluding carboxylic acids is 3. The van der Waals surface area contributed by atoms with Gasteiger partial charge in [-0.1, -0.05) is 72.8 Å². The van der Waals surface area contributed by atoms with Crippen molar-refractivity contribution >= 4 is 17.8 Å². The molecule has 0 saturated carbocycles. The Morgan fingerprint density at radius 1 is 0.725 bits per heavy atom. The normalized spacial score (nSPS) is 11.2. The maximum atomic E-state index is 12.9. The molecule has 4 rings (SSSR count). The van der Waals surface area contributed by atoms with E-state index in [1.54, 1.807) is 36.4 Å². The molecule has 0 radical (unpaired) electrons. The van der Waals surface area contributed by atoms with Crippen molar-refractivity contribution in [3.8, 4) is 17.2 Å². The van der Waals surface area contributed by atoms with Gasteiger partial charge in [0.2, 0.25) is 5.91 Å². The van der Waals surface area contributed by atoms with Crippen molar-refractivity contribution in [2.45, 2.75) is 32.6 Å². The van der Waals surface area contributed by atoms with Crippen LogP contribution in [0.1, 0.15) is 34.0 Å². The van der Waals surface area contributed by atoms with E-state index in [1.807, 2.05) is 60.7 Å². The second kappa shape index (κ2) is 13.6. The summed E-state index contributed by atoms with van der Waals surface area (Å²) in [5.74, 6) is -0.454. The van der Waals surface area contributed by atoms with Crippen LogP contribution in [0.4, 0.5) is 0 Å². The Hall–Kier alpha value is -5.11. The summed E-state index contributed by atoms with van der Waals surface area (Å²) in [6.07, 6.45) is 0.130. The summed E-state index contributed by atoms with van der Waals surface area (Å²) < 4.78 is 17.2. The molecule has 0 aliphatic carbocycles. The molecule has 0 aliphatic heterocycles. The van der Waals surface area contributed by atoms with E-state index in [0.29, 0.717) is 30.3 Å². The maximum absolute atomic E-state index is 12.9. The molecule has 0 heterocycles. The molecule has 0 bridgehead atoms. The second-order valence-corrected chi connectivity index (χ2v) is 9.08. The lowest BCUT2D eigenvalue weighted by molar-refractivity contribution is -0.131. The molecule has 0 fully saturated rings. The minimum Gasteiger partial charge on any atom is -0.485 e.